The second-order valence-electron chi connectivity index (χ2n) is 4.34. The van der Waals surface area contributed by atoms with Crippen molar-refractivity contribution >= 4 is 17.8 Å². The van der Waals surface area contributed by atoms with E-state index in [1.165, 1.54) is 0 Å². The molecule has 0 radical (unpaired) electrons. The zero-order valence-corrected chi connectivity index (χ0v) is 8.28. The lowest BCUT2D eigenvalue weighted by molar-refractivity contribution is -0.155. The van der Waals surface area contributed by atoms with Gasteiger partial charge in [0.1, 0.15) is 0 Å². The van der Waals surface area contributed by atoms with Crippen molar-refractivity contribution in [1.29, 1.82) is 0 Å². The van der Waals surface area contributed by atoms with Gasteiger partial charge in [0.25, 0.3) is 0 Å². The Morgan fingerprint density at radius 2 is 1.93 bits per heavy atom. The highest BCUT2D eigenvalue weighted by atomic mass is 16.4. The summed E-state index contributed by atoms with van der Waals surface area (Å²) in [4.78, 5) is 33.8. The van der Waals surface area contributed by atoms with E-state index < -0.39 is 23.2 Å². The summed E-state index contributed by atoms with van der Waals surface area (Å²) in [7, 11) is 0. The van der Waals surface area contributed by atoms with Gasteiger partial charge in [-0.2, -0.15) is 0 Å². The average Bonchev–Trinajstić information content (AvgIpc) is 2.72. The van der Waals surface area contributed by atoms with Crippen LogP contribution in [0, 0.1) is 11.3 Å². The molecule has 1 aliphatic heterocycles. The first kappa shape index (κ1) is 10.1. The minimum Gasteiger partial charge on any atom is -0.481 e. The molecule has 0 bridgehead atoms. The molecular formula is C10H13NO4. The van der Waals surface area contributed by atoms with Gasteiger partial charge in [-0.3, -0.25) is 19.7 Å². The molecule has 1 saturated carbocycles. The van der Waals surface area contributed by atoms with Crippen LogP contribution >= 0.6 is 0 Å². The number of hydrogen-bond donors (Lipinski definition) is 2. The molecule has 5 nitrogen and oxygen atoms in total. The third-order valence-corrected chi connectivity index (χ3v) is 3.56. The van der Waals surface area contributed by atoms with Crippen LogP contribution in [0.15, 0.2) is 0 Å². The standard InChI is InChI=1S/C10H13NO4/c12-7-5-6(8(13)11-7)10(9(14)15)3-1-2-4-10/h6H,1-5H2,(H,14,15)(H,11,12,13)/t6-/m0/s1. The Labute approximate surface area is 86.8 Å². The number of carbonyl (C=O) groups is 3. The fraction of sp³-hybridized carbons (Fsp3) is 0.700. The fourth-order valence-electron chi connectivity index (χ4n) is 2.72. The van der Waals surface area contributed by atoms with Crippen molar-refractivity contribution in [2.75, 3.05) is 0 Å². The summed E-state index contributed by atoms with van der Waals surface area (Å²) in [5, 5.41) is 11.4. The van der Waals surface area contributed by atoms with Crippen molar-refractivity contribution in [3.8, 4) is 0 Å². The fourth-order valence-corrected chi connectivity index (χ4v) is 2.72. The number of carboxylic acid groups (broad SMARTS) is 1. The maximum absolute atomic E-state index is 11.5. The maximum atomic E-state index is 11.5. The highest BCUT2D eigenvalue weighted by molar-refractivity contribution is 6.05. The van der Waals surface area contributed by atoms with Crippen LogP contribution in [0.2, 0.25) is 0 Å². The molecule has 2 aliphatic rings. The summed E-state index contributed by atoms with van der Waals surface area (Å²) in [5.41, 5.74) is -0.990. The van der Waals surface area contributed by atoms with Crippen LogP contribution in [-0.4, -0.2) is 22.9 Å². The van der Waals surface area contributed by atoms with Crippen molar-refractivity contribution in [3.05, 3.63) is 0 Å². The van der Waals surface area contributed by atoms with Gasteiger partial charge in [-0.25, -0.2) is 0 Å². The Bertz CT molecular complexity index is 330. The topological polar surface area (TPSA) is 83.5 Å². The Morgan fingerprint density at radius 1 is 1.33 bits per heavy atom. The smallest absolute Gasteiger partial charge is 0.310 e. The summed E-state index contributed by atoms with van der Waals surface area (Å²) < 4.78 is 0. The Balaban J connectivity index is 2.29. The van der Waals surface area contributed by atoms with Gasteiger partial charge in [0.05, 0.1) is 11.3 Å². The number of imide groups is 1. The predicted octanol–water partition coefficient (Wildman–Crippen LogP) is 0.294. The molecule has 1 aliphatic carbocycles. The first-order valence-corrected chi connectivity index (χ1v) is 5.13. The lowest BCUT2D eigenvalue weighted by atomic mass is 9.73. The van der Waals surface area contributed by atoms with E-state index in [-0.39, 0.29) is 12.3 Å². The van der Waals surface area contributed by atoms with E-state index in [1.54, 1.807) is 0 Å². The number of amides is 2. The Hall–Kier alpha value is -1.39. The molecule has 0 aromatic heterocycles. The first-order chi connectivity index (χ1) is 7.06. The number of carboxylic acids is 1. The summed E-state index contributed by atoms with van der Waals surface area (Å²) in [6.07, 6.45) is 2.70. The zero-order chi connectivity index (χ0) is 11.1. The third-order valence-electron chi connectivity index (χ3n) is 3.56. The van der Waals surface area contributed by atoms with E-state index in [9.17, 15) is 19.5 Å². The highest BCUT2D eigenvalue weighted by Gasteiger charge is 2.53. The van der Waals surface area contributed by atoms with Gasteiger partial charge in [0.2, 0.25) is 11.8 Å². The van der Waals surface area contributed by atoms with Crippen molar-refractivity contribution in [1.82, 2.24) is 5.32 Å². The van der Waals surface area contributed by atoms with Crippen molar-refractivity contribution in [2.24, 2.45) is 11.3 Å². The Morgan fingerprint density at radius 3 is 2.33 bits per heavy atom. The number of nitrogens with one attached hydrogen (secondary N) is 1. The van der Waals surface area contributed by atoms with Crippen LogP contribution in [0.1, 0.15) is 32.1 Å². The summed E-state index contributed by atoms with van der Waals surface area (Å²) in [6.45, 7) is 0. The van der Waals surface area contributed by atoms with E-state index in [2.05, 4.69) is 5.32 Å². The molecule has 0 unspecified atom stereocenters. The molecule has 2 N–H and O–H groups in total. The SMILES string of the molecule is O=C1C[C@H](C2(C(=O)O)CCCC2)C(=O)N1. The van der Waals surface area contributed by atoms with Crippen molar-refractivity contribution in [2.45, 2.75) is 32.1 Å². The zero-order valence-electron chi connectivity index (χ0n) is 8.28. The lowest BCUT2D eigenvalue weighted by Crippen LogP contribution is -2.40. The molecule has 1 atom stereocenters. The first-order valence-electron chi connectivity index (χ1n) is 5.13. The van der Waals surface area contributed by atoms with E-state index in [1.807, 2.05) is 0 Å². The van der Waals surface area contributed by atoms with Crippen molar-refractivity contribution in [3.63, 3.8) is 0 Å². The molecule has 1 saturated heterocycles. The van der Waals surface area contributed by atoms with Gasteiger partial charge < -0.3 is 5.11 Å². The van der Waals surface area contributed by atoms with Crippen LogP contribution in [0.25, 0.3) is 0 Å². The van der Waals surface area contributed by atoms with Gasteiger partial charge in [-0.1, -0.05) is 12.8 Å². The van der Waals surface area contributed by atoms with Gasteiger partial charge >= 0.3 is 5.97 Å². The van der Waals surface area contributed by atoms with E-state index >= 15 is 0 Å². The molecule has 2 fully saturated rings. The maximum Gasteiger partial charge on any atom is 0.310 e. The second kappa shape index (κ2) is 3.32. The van der Waals surface area contributed by atoms with E-state index in [0.717, 1.165) is 12.8 Å². The van der Waals surface area contributed by atoms with Crippen LogP contribution in [0.3, 0.4) is 0 Å². The predicted molar refractivity (Wildman–Crippen MR) is 49.8 cm³/mol. The van der Waals surface area contributed by atoms with Gasteiger partial charge in [-0.05, 0) is 12.8 Å². The number of rotatable bonds is 2. The minimum absolute atomic E-state index is 0.0329. The van der Waals surface area contributed by atoms with Gasteiger partial charge in [-0.15, -0.1) is 0 Å². The molecular weight excluding hydrogens is 198 g/mol. The molecule has 1 heterocycles. The monoisotopic (exact) mass is 211 g/mol. The van der Waals surface area contributed by atoms with Crippen LogP contribution in [0.5, 0.6) is 0 Å². The third kappa shape index (κ3) is 1.42. The van der Waals surface area contributed by atoms with E-state index in [0.29, 0.717) is 12.8 Å². The van der Waals surface area contributed by atoms with Gasteiger partial charge in [0, 0.05) is 6.42 Å². The summed E-state index contributed by atoms with van der Waals surface area (Å²) >= 11 is 0. The number of carbonyl (C=O) groups excluding carboxylic acids is 2. The van der Waals surface area contributed by atoms with Gasteiger partial charge in [0.15, 0.2) is 0 Å². The quantitative estimate of drug-likeness (QED) is 0.643. The minimum atomic E-state index is -0.990. The molecule has 2 amide bonds. The Kier molecular flexibility index (Phi) is 2.25. The molecule has 82 valence electrons. The van der Waals surface area contributed by atoms with Crippen LogP contribution in [0.4, 0.5) is 0 Å². The number of hydrogen-bond acceptors (Lipinski definition) is 3. The number of aliphatic carboxylic acids is 1. The second-order valence-corrected chi connectivity index (χ2v) is 4.34. The molecule has 2 rings (SSSR count). The summed E-state index contributed by atoms with van der Waals surface area (Å²) in [6, 6.07) is 0. The van der Waals surface area contributed by atoms with Crippen LogP contribution in [-0.2, 0) is 14.4 Å². The molecule has 0 aromatic rings. The highest BCUT2D eigenvalue weighted by Crippen LogP contribution is 2.47. The normalized spacial score (nSPS) is 29.2. The average molecular weight is 211 g/mol. The summed E-state index contributed by atoms with van der Waals surface area (Å²) in [5.74, 6) is -2.36. The van der Waals surface area contributed by atoms with Crippen LogP contribution < -0.4 is 5.32 Å². The molecule has 0 spiro atoms. The molecule has 0 aromatic carbocycles. The largest absolute Gasteiger partial charge is 0.481 e. The van der Waals surface area contributed by atoms with Crippen molar-refractivity contribution < 1.29 is 19.5 Å². The van der Waals surface area contributed by atoms with E-state index in [4.69, 9.17) is 0 Å². The molecule has 15 heavy (non-hydrogen) atoms. The molecule has 5 heteroatoms. The lowest BCUT2D eigenvalue weighted by Gasteiger charge is -2.27.